The summed E-state index contributed by atoms with van der Waals surface area (Å²) in [5.74, 6) is 0.623. The quantitative estimate of drug-likeness (QED) is 0.398. The van der Waals surface area contributed by atoms with E-state index in [0.29, 0.717) is 16.4 Å². The molecule has 7 nitrogen and oxygen atoms in total. The van der Waals surface area contributed by atoms with E-state index < -0.39 is 15.4 Å². The zero-order valence-electron chi connectivity index (χ0n) is 20.6. The smallest absolute Gasteiger partial charge is 0.181 e. The Labute approximate surface area is 212 Å². The van der Waals surface area contributed by atoms with Crippen LogP contribution in [0.15, 0.2) is 59.6 Å². The Morgan fingerprint density at radius 2 is 1.78 bits per heavy atom. The number of benzene rings is 1. The van der Waals surface area contributed by atoms with Gasteiger partial charge in [0.15, 0.2) is 9.84 Å². The van der Waals surface area contributed by atoms with Crippen molar-refractivity contribution in [2.75, 3.05) is 19.8 Å². The molecule has 3 heterocycles. The van der Waals surface area contributed by atoms with Gasteiger partial charge < -0.3 is 19.9 Å². The summed E-state index contributed by atoms with van der Waals surface area (Å²) in [7, 11) is -3.21. The third kappa shape index (κ3) is 5.27. The van der Waals surface area contributed by atoms with Crippen molar-refractivity contribution in [3.8, 4) is 11.4 Å². The molecule has 3 aromatic rings. The summed E-state index contributed by atoms with van der Waals surface area (Å²) in [6, 6.07) is 15.1. The molecule has 0 amide bonds. The second-order valence-electron chi connectivity index (χ2n) is 10.3. The first kappa shape index (κ1) is 25.1. The summed E-state index contributed by atoms with van der Waals surface area (Å²) < 4.78 is 30.9. The summed E-state index contributed by atoms with van der Waals surface area (Å²) in [5.41, 5.74) is 2.98. The first-order chi connectivity index (χ1) is 17.3. The molecule has 2 atom stereocenters. The minimum Gasteiger partial charge on any atom is -0.393 e. The van der Waals surface area contributed by atoms with Gasteiger partial charge in [-0.05, 0) is 80.8 Å². The standard InChI is InChI=1S/C28H34N2O5S/c1-28(32,18-31)21-4-9-26(29-17-21)27-11-10-25(30-27)24(16-19-12-14-35-15-13-19)20-2-5-22(6-3-20)36(33,34)23-7-8-23/h2-6,9-11,17,19,23-24,30-32H,7-8,12-16,18H2,1H3. The van der Waals surface area contributed by atoms with Crippen molar-refractivity contribution in [2.24, 2.45) is 5.92 Å². The summed E-state index contributed by atoms with van der Waals surface area (Å²) in [5, 5.41) is 19.5. The maximum Gasteiger partial charge on any atom is 0.181 e. The van der Waals surface area contributed by atoms with Crippen LogP contribution < -0.4 is 0 Å². The van der Waals surface area contributed by atoms with Crippen LogP contribution in [0.3, 0.4) is 0 Å². The molecule has 2 unspecified atom stereocenters. The molecule has 2 aromatic heterocycles. The number of aliphatic hydroxyl groups is 2. The monoisotopic (exact) mass is 510 g/mol. The van der Waals surface area contributed by atoms with Crippen molar-refractivity contribution in [3.63, 3.8) is 0 Å². The van der Waals surface area contributed by atoms with Crippen LogP contribution in [-0.4, -0.2) is 53.7 Å². The lowest BCUT2D eigenvalue weighted by molar-refractivity contribution is -0.00253. The Kier molecular flexibility index (Phi) is 7.05. The Morgan fingerprint density at radius 1 is 1.06 bits per heavy atom. The fourth-order valence-corrected chi connectivity index (χ4v) is 6.60. The number of hydrogen-bond acceptors (Lipinski definition) is 6. The van der Waals surface area contributed by atoms with Crippen LogP contribution in [0.25, 0.3) is 11.4 Å². The molecule has 2 fully saturated rings. The van der Waals surface area contributed by atoms with E-state index in [1.54, 1.807) is 31.3 Å². The van der Waals surface area contributed by atoms with E-state index in [9.17, 15) is 18.6 Å². The van der Waals surface area contributed by atoms with E-state index >= 15 is 0 Å². The summed E-state index contributed by atoms with van der Waals surface area (Å²) >= 11 is 0. The van der Waals surface area contributed by atoms with Crippen LogP contribution in [0.5, 0.6) is 0 Å². The SMILES string of the molecule is CC(O)(CO)c1ccc(-c2ccc(C(CC3CCOCC3)c3ccc(S(=O)(=O)C4CC4)cc3)[nH]2)nc1. The first-order valence-corrected chi connectivity index (χ1v) is 14.2. The van der Waals surface area contributed by atoms with Crippen molar-refractivity contribution in [2.45, 2.75) is 60.7 Å². The van der Waals surface area contributed by atoms with Crippen molar-refractivity contribution in [1.29, 1.82) is 0 Å². The third-order valence-corrected chi connectivity index (χ3v) is 9.82. The Bertz CT molecular complexity index is 1270. The van der Waals surface area contributed by atoms with Crippen LogP contribution >= 0.6 is 0 Å². The lowest BCUT2D eigenvalue weighted by atomic mass is 9.83. The molecule has 1 aromatic carbocycles. The van der Waals surface area contributed by atoms with Crippen LogP contribution in [0.1, 0.15) is 61.8 Å². The maximum atomic E-state index is 12.7. The van der Waals surface area contributed by atoms with Gasteiger partial charge in [0.2, 0.25) is 0 Å². The molecule has 2 aliphatic rings. The Balaban J connectivity index is 1.42. The lowest BCUT2D eigenvalue weighted by Crippen LogP contribution is -2.25. The molecule has 5 rings (SSSR count). The zero-order chi connectivity index (χ0) is 25.3. The van der Waals surface area contributed by atoms with E-state index in [0.717, 1.165) is 68.0 Å². The fraction of sp³-hybridized carbons (Fsp3) is 0.464. The van der Waals surface area contributed by atoms with E-state index in [-0.39, 0.29) is 17.8 Å². The number of aromatic nitrogens is 2. The molecule has 1 aliphatic carbocycles. The normalized spacial score (nSPS) is 19.6. The van der Waals surface area contributed by atoms with Crippen LogP contribution in [0, 0.1) is 5.92 Å². The van der Waals surface area contributed by atoms with E-state index in [1.807, 2.05) is 24.3 Å². The average Bonchev–Trinajstić information content (AvgIpc) is 3.66. The molecule has 0 bridgehead atoms. The molecule has 1 saturated heterocycles. The van der Waals surface area contributed by atoms with Gasteiger partial charge in [0, 0.05) is 36.6 Å². The van der Waals surface area contributed by atoms with Crippen molar-refractivity contribution >= 4 is 9.84 Å². The highest BCUT2D eigenvalue weighted by molar-refractivity contribution is 7.92. The molecule has 3 N–H and O–H groups in total. The molecule has 1 aliphatic heterocycles. The molecule has 0 spiro atoms. The minimum absolute atomic E-state index is 0.0916. The lowest BCUT2D eigenvalue weighted by Gasteiger charge is -2.27. The maximum absolute atomic E-state index is 12.7. The largest absolute Gasteiger partial charge is 0.393 e. The second-order valence-corrected chi connectivity index (χ2v) is 12.6. The van der Waals surface area contributed by atoms with E-state index in [4.69, 9.17) is 4.74 Å². The number of sulfone groups is 1. The Hall–Kier alpha value is -2.52. The van der Waals surface area contributed by atoms with Gasteiger partial charge in [0.1, 0.15) is 5.60 Å². The van der Waals surface area contributed by atoms with Crippen molar-refractivity contribution in [3.05, 3.63) is 71.5 Å². The number of aliphatic hydroxyl groups excluding tert-OH is 1. The van der Waals surface area contributed by atoms with Gasteiger partial charge in [-0.3, -0.25) is 4.98 Å². The summed E-state index contributed by atoms with van der Waals surface area (Å²) in [4.78, 5) is 8.45. The number of nitrogens with zero attached hydrogens (tertiary/aromatic N) is 1. The number of H-pyrrole nitrogens is 1. The number of hydrogen-bond donors (Lipinski definition) is 3. The number of pyridine rings is 1. The van der Waals surface area contributed by atoms with E-state index in [1.165, 1.54) is 0 Å². The van der Waals surface area contributed by atoms with Gasteiger partial charge >= 0.3 is 0 Å². The van der Waals surface area contributed by atoms with E-state index in [2.05, 4.69) is 16.0 Å². The molecule has 192 valence electrons. The highest BCUT2D eigenvalue weighted by Crippen LogP contribution is 2.37. The fourth-order valence-electron chi connectivity index (χ4n) is 4.95. The topological polar surface area (TPSA) is 113 Å². The second kappa shape index (κ2) is 10.1. The highest BCUT2D eigenvalue weighted by atomic mass is 32.2. The van der Waals surface area contributed by atoms with Gasteiger partial charge in [0.25, 0.3) is 0 Å². The van der Waals surface area contributed by atoms with Gasteiger partial charge in [-0.25, -0.2) is 8.42 Å². The molecule has 1 saturated carbocycles. The van der Waals surface area contributed by atoms with Crippen LogP contribution in [-0.2, 0) is 20.2 Å². The number of ether oxygens (including phenoxy) is 1. The molecule has 0 radical (unpaired) electrons. The molecular formula is C28H34N2O5S. The summed E-state index contributed by atoms with van der Waals surface area (Å²) in [6.45, 7) is 2.73. The Morgan fingerprint density at radius 3 is 2.39 bits per heavy atom. The number of aromatic amines is 1. The van der Waals surface area contributed by atoms with Gasteiger partial charge in [-0.1, -0.05) is 18.2 Å². The molecule has 36 heavy (non-hydrogen) atoms. The predicted molar refractivity (Wildman–Crippen MR) is 137 cm³/mol. The van der Waals surface area contributed by atoms with Crippen molar-refractivity contribution in [1.82, 2.24) is 9.97 Å². The first-order valence-electron chi connectivity index (χ1n) is 12.7. The minimum atomic E-state index is -3.21. The average molecular weight is 511 g/mol. The molecular weight excluding hydrogens is 476 g/mol. The summed E-state index contributed by atoms with van der Waals surface area (Å²) in [6.07, 6.45) is 6.09. The third-order valence-electron chi connectivity index (χ3n) is 7.54. The van der Waals surface area contributed by atoms with Crippen molar-refractivity contribution < 1.29 is 23.4 Å². The van der Waals surface area contributed by atoms with Gasteiger partial charge in [0.05, 0.1) is 28.1 Å². The van der Waals surface area contributed by atoms with Crippen LogP contribution in [0.4, 0.5) is 0 Å². The highest BCUT2D eigenvalue weighted by Gasteiger charge is 2.37. The molecule has 8 heteroatoms. The van der Waals surface area contributed by atoms with Gasteiger partial charge in [-0.2, -0.15) is 0 Å². The number of rotatable bonds is 9. The number of nitrogens with one attached hydrogen (secondary N) is 1. The zero-order valence-corrected chi connectivity index (χ0v) is 21.4. The predicted octanol–water partition coefficient (Wildman–Crippen LogP) is 4.16. The van der Waals surface area contributed by atoms with Gasteiger partial charge in [-0.15, -0.1) is 0 Å². The van der Waals surface area contributed by atoms with Crippen LogP contribution in [0.2, 0.25) is 0 Å².